The minimum absolute atomic E-state index is 0.173. The first-order chi connectivity index (χ1) is 12.6. The van der Waals surface area contributed by atoms with Crippen molar-refractivity contribution in [3.05, 3.63) is 35.2 Å². The molecule has 7 nitrogen and oxygen atoms in total. The van der Waals surface area contributed by atoms with Crippen molar-refractivity contribution in [1.82, 2.24) is 15.0 Å². The van der Waals surface area contributed by atoms with Crippen LogP contribution in [0.3, 0.4) is 0 Å². The molecule has 0 saturated carbocycles. The number of benzene rings is 1. The van der Waals surface area contributed by atoms with E-state index in [1.165, 1.54) is 7.11 Å². The van der Waals surface area contributed by atoms with Gasteiger partial charge in [-0.25, -0.2) is 0 Å². The Kier molecular flexibility index (Phi) is 6.60. The fourth-order valence-corrected chi connectivity index (χ4v) is 3.02. The van der Waals surface area contributed by atoms with Gasteiger partial charge in [0, 0.05) is 30.3 Å². The highest BCUT2D eigenvalue weighted by Crippen LogP contribution is 2.20. The molecule has 26 heavy (non-hydrogen) atoms. The van der Waals surface area contributed by atoms with Gasteiger partial charge in [-0.2, -0.15) is 4.98 Å². The fourth-order valence-electron chi connectivity index (χ4n) is 2.89. The maximum atomic E-state index is 11.5. The molecule has 1 aliphatic rings. The number of hydrogen-bond donors (Lipinski definition) is 0. The molecule has 0 aliphatic carbocycles. The molecule has 2 heterocycles. The van der Waals surface area contributed by atoms with E-state index in [0.717, 1.165) is 31.6 Å². The molecule has 0 N–H and O–H groups in total. The zero-order valence-electron chi connectivity index (χ0n) is 14.7. The number of esters is 1. The molecule has 3 rings (SSSR count). The molecule has 1 aromatic heterocycles. The number of hydrogen-bond acceptors (Lipinski definition) is 7. The van der Waals surface area contributed by atoms with E-state index in [2.05, 4.69) is 15.0 Å². The molecular formula is C18H22ClN3O4. The normalized spacial score (nSPS) is 17.0. The van der Waals surface area contributed by atoms with Gasteiger partial charge in [0.05, 0.1) is 26.2 Å². The minimum atomic E-state index is -0.241. The molecule has 0 radical (unpaired) electrons. The number of aromatic nitrogens is 2. The molecule has 8 heteroatoms. The predicted octanol–water partition coefficient (Wildman–Crippen LogP) is 2.93. The summed E-state index contributed by atoms with van der Waals surface area (Å²) in [6.45, 7) is 2.51. The van der Waals surface area contributed by atoms with E-state index in [-0.39, 0.29) is 12.1 Å². The first-order valence-electron chi connectivity index (χ1n) is 8.63. The third-order valence-corrected chi connectivity index (χ3v) is 4.53. The lowest BCUT2D eigenvalue weighted by atomic mass is 10.2. The third kappa shape index (κ3) is 5.27. The van der Waals surface area contributed by atoms with Crippen LogP contribution in [0.15, 0.2) is 28.8 Å². The van der Waals surface area contributed by atoms with Crippen molar-refractivity contribution >= 4 is 17.6 Å². The highest BCUT2D eigenvalue weighted by atomic mass is 35.5. The van der Waals surface area contributed by atoms with E-state index in [1.54, 1.807) is 12.1 Å². The van der Waals surface area contributed by atoms with Gasteiger partial charge >= 0.3 is 5.97 Å². The first kappa shape index (κ1) is 18.8. The Labute approximate surface area is 157 Å². The second-order valence-corrected chi connectivity index (χ2v) is 6.65. The quantitative estimate of drug-likeness (QED) is 0.652. The molecule has 1 atom stereocenters. The van der Waals surface area contributed by atoms with Crippen LogP contribution in [-0.4, -0.2) is 53.9 Å². The van der Waals surface area contributed by atoms with Gasteiger partial charge in [-0.3, -0.25) is 9.69 Å². The molecule has 1 fully saturated rings. The van der Waals surface area contributed by atoms with Gasteiger partial charge in [-0.05, 0) is 37.1 Å². The summed E-state index contributed by atoms with van der Waals surface area (Å²) < 4.78 is 15.8. The van der Waals surface area contributed by atoms with Crippen LogP contribution in [0.5, 0.6) is 0 Å². The van der Waals surface area contributed by atoms with E-state index < -0.39 is 0 Å². The van der Waals surface area contributed by atoms with Gasteiger partial charge in [0.1, 0.15) is 0 Å². The van der Waals surface area contributed by atoms with E-state index >= 15 is 0 Å². The number of carbonyl (C=O) groups excluding carboxylic acids is 1. The number of methoxy groups -OCH3 is 1. The number of carbonyl (C=O) groups is 1. The van der Waals surface area contributed by atoms with Crippen LogP contribution >= 0.6 is 11.6 Å². The summed E-state index contributed by atoms with van der Waals surface area (Å²) in [5, 5.41) is 4.69. The average molecular weight is 380 g/mol. The monoisotopic (exact) mass is 379 g/mol. The molecule has 0 spiro atoms. The van der Waals surface area contributed by atoms with Crippen molar-refractivity contribution < 1.29 is 18.8 Å². The minimum Gasteiger partial charge on any atom is -0.469 e. The average Bonchev–Trinajstić information content (AvgIpc) is 3.32. The summed E-state index contributed by atoms with van der Waals surface area (Å²) in [5.41, 5.74) is 0.838. The zero-order valence-corrected chi connectivity index (χ0v) is 15.4. The highest BCUT2D eigenvalue weighted by Gasteiger charge is 2.22. The zero-order chi connectivity index (χ0) is 18.4. The molecular weight excluding hydrogens is 358 g/mol. The third-order valence-electron chi connectivity index (χ3n) is 4.28. The lowest BCUT2D eigenvalue weighted by Gasteiger charge is -2.23. The summed E-state index contributed by atoms with van der Waals surface area (Å²) in [5.74, 6) is 0.772. The SMILES string of the molecule is COC(=O)CCN(Cc1nc(-c2ccc(Cl)cc2)no1)CC1CCCO1. The van der Waals surface area contributed by atoms with Gasteiger partial charge in [0.25, 0.3) is 0 Å². The van der Waals surface area contributed by atoms with Crippen LogP contribution < -0.4 is 0 Å². The Hall–Kier alpha value is -1.96. The lowest BCUT2D eigenvalue weighted by molar-refractivity contribution is -0.141. The van der Waals surface area contributed by atoms with E-state index in [0.29, 0.717) is 36.2 Å². The summed E-state index contributed by atoms with van der Waals surface area (Å²) >= 11 is 5.91. The smallest absolute Gasteiger partial charge is 0.306 e. The van der Waals surface area contributed by atoms with Gasteiger partial charge in [0.15, 0.2) is 0 Å². The van der Waals surface area contributed by atoms with Crippen LogP contribution in [-0.2, 0) is 20.8 Å². The van der Waals surface area contributed by atoms with Gasteiger partial charge in [0.2, 0.25) is 11.7 Å². The summed E-state index contributed by atoms with van der Waals surface area (Å²) in [7, 11) is 1.39. The first-order valence-corrected chi connectivity index (χ1v) is 9.01. The molecule has 1 unspecified atom stereocenters. The van der Waals surface area contributed by atoms with E-state index in [9.17, 15) is 4.79 Å². The highest BCUT2D eigenvalue weighted by molar-refractivity contribution is 6.30. The molecule has 0 bridgehead atoms. The van der Waals surface area contributed by atoms with Crippen LogP contribution in [0.4, 0.5) is 0 Å². The molecule has 1 aromatic carbocycles. The number of halogens is 1. The molecule has 140 valence electrons. The molecule has 1 saturated heterocycles. The van der Waals surface area contributed by atoms with Crippen LogP contribution in [0.1, 0.15) is 25.2 Å². The van der Waals surface area contributed by atoms with Crippen LogP contribution in [0, 0.1) is 0 Å². The molecule has 1 aliphatic heterocycles. The largest absolute Gasteiger partial charge is 0.469 e. The topological polar surface area (TPSA) is 77.7 Å². The van der Waals surface area contributed by atoms with Gasteiger partial charge < -0.3 is 14.0 Å². The summed E-state index contributed by atoms with van der Waals surface area (Å²) in [4.78, 5) is 18.0. The Bertz CT molecular complexity index is 713. The van der Waals surface area contributed by atoms with Crippen molar-refractivity contribution in [2.75, 3.05) is 26.8 Å². The van der Waals surface area contributed by atoms with Crippen LogP contribution in [0.2, 0.25) is 5.02 Å². The van der Waals surface area contributed by atoms with Crippen molar-refractivity contribution in [3.8, 4) is 11.4 Å². The Morgan fingerprint density at radius 3 is 2.88 bits per heavy atom. The molecule has 0 amide bonds. The van der Waals surface area contributed by atoms with Crippen molar-refractivity contribution in [2.24, 2.45) is 0 Å². The Morgan fingerprint density at radius 2 is 2.19 bits per heavy atom. The maximum absolute atomic E-state index is 11.5. The van der Waals surface area contributed by atoms with Gasteiger partial charge in [-0.1, -0.05) is 16.8 Å². The van der Waals surface area contributed by atoms with Crippen LogP contribution in [0.25, 0.3) is 11.4 Å². The Balaban J connectivity index is 1.64. The summed E-state index contributed by atoms with van der Waals surface area (Å²) in [6, 6.07) is 7.26. The number of rotatable bonds is 8. The van der Waals surface area contributed by atoms with Crippen molar-refractivity contribution in [1.29, 1.82) is 0 Å². The van der Waals surface area contributed by atoms with Gasteiger partial charge in [-0.15, -0.1) is 0 Å². The van der Waals surface area contributed by atoms with E-state index in [4.69, 9.17) is 25.6 Å². The van der Waals surface area contributed by atoms with Crippen molar-refractivity contribution in [2.45, 2.75) is 31.9 Å². The number of ether oxygens (including phenoxy) is 2. The molecule has 2 aromatic rings. The summed E-state index contributed by atoms with van der Waals surface area (Å²) in [6.07, 6.45) is 2.57. The predicted molar refractivity (Wildman–Crippen MR) is 95.6 cm³/mol. The standard InChI is InChI=1S/C18H22ClN3O4/c1-24-17(23)8-9-22(11-15-3-2-10-25-15)12-16-20-18(21-26-16)13-4-6-14(19)7-5-13/h4-7,15H,2-3,8-12H2,1H3. The maximum Gasteiger partial charge on any atom is 0.306 e. The van der Waals surface area contributed by atoms with E-state index in [1.807, 2.05) is 12.1 Å². The Morgan fingerprint density at radius 1 is 1.38 bits per heavy atom. The second-order valence-electron chi connectivity index (χ2n) is 6.21. The second kappa shape index (κ2) is 9.12. The lowest BCUT2D eigenvalue weighted by Crippen LogP contribution is -2.33. The van der Waals surface area contributed by atoms with Crippen molar-refractivity contribution in [3.63, 3.8) is 0 Å². The number of nitrogens with zero attached hydrogens (tertiary/aromatic N) is 3. The fraction of sp³-hybridized carbons (Fsp3) is 0.500.